The molecule has 0 amide bonds. The number of aryl methyl sites for hydroxylation is 2. The van der Waals surface area contributed by atoms with E-state index >= 15 is 0 Å². The molecule has 0 atom stereocenters. The van der Waals surface area contributed by atoms with Gasteiger partial charge in [-0.25, -0.2) is 4.79 Å². The molecular weight excluding hydrogens is 188 g/mol. The molecule has 76 valence electrons. The molecule has 1 aromatic rings. The van der Waals surface area contributed by atoms with Crippen molar-refractivity contribution in [2.75, 3.05) is 6.61 Å². The first-order valence-corrected chi connectivity index (χ1v) is 3.91. The van der Waals surface area contributed by atoms with Gasteiger partial charge in [-0.1, -0.05) is 10.3 Å². The smallest absolute Gasteiger partial charge is 0.344 e. The molecule has 6 nitrogen and oxygen atoms in total. The van der Waals surface area contributed by atoms with Crippen LogP contribution in [0.2, 0.25) is 0 Å². The minimum Gasteiger partial charge on any atom is -0.479 e. The summed E-state index contributed by atoms with van der Waals surface area (Å²) < 4.78 is 4.86. The molecule has 6 heteroatoms. The van der Waals surface area contributed by atoms with Gasteiger partial charge < -0.3 is 14.5 Å². The number of oxime groups is 1. The zero-order valence-corrected chi connectivity index (χ0v) is 7.85. The molecule has 0 saturated heterocycles. The molecule has 0 saturated carbocycles. The lowest BCUT2D eigenvalue weighted by molar-refractivity contribution is -0.142. The quantitative estimate of drug-likeness (QED) is 0.569. The Hall–Kier alpha value is -1.85. The molecule has 1 aromatic heterocycles. The van der Waals surface area contributed by atoms with E-state index in [0.29, 0.717) is 17.0 Å². The topological polar surface area (TPSA) is 84.9 Å². The maximum absolute atomic E-state index is 10.1. The zero-order valence-electron chi connectivity index (χ0n) is 7.85. The molecule has 0 fully saturated rings. The Morgan fingerprint density at radius 1 is 1.71 bits per heavy atom. The third kappa shape index (κ3) is 2.58. The summed E-state index contributed by atoms with van der Waals surface area (Å²) in [4.78, 5) is 14.5. The number of aromatic nitrogens is 1. The van der Waals surface area contributed by atoms with Crippen LogP contribution in [0.25, 0.3) is 0 Å². The number of carbonyl (C=O) groups is 1. The minimum absolute atomic E-state index is 0.458. The molecular formula is C8H10N2O4. The minimum atomic E-state index is -1.07. The van der Waals surface area contributed by atoms with Crippen LogP contribution < -0.4 is 0 Å². The van der Waals surface area contributed by atoms with Gasteiger partial charge >= 0.3 is 5.97 Å². The van der Waals surface area contributed by atoms with Gasteiger partial charge in [0.05, 0.1) is 17.5 Å². The second kappa shape index (κ2) is 4.40. The average Bonchev–Trinajstić information content (AvgIpc) is 2.42. The van der Waals surface area contributed by atoms with Crippen molar-refractivity contribution in [3.05, 3.63) is 17.0 Å². The summed E-state index contributed by atoms with van der Waals surface area (Å²) >= 11 is 0. The van der Waals surface area contributed by atoms with E-state index in [4.69, 9.17) is 9.63 Å². The molecule has 0 radical (unpaired) electrons. The van der Waals surface area contributed by atoms with Crippen molar-refractivity contribution < 1.29 is 19.3 Å². The highest BCUT2D eigenvalue weighted by Gasteiger charge is 2.05. The first-order chi connectivity index (χ1) is 6.61. The van der Waals surface area contributed by atoms with Crippen LogP contribution in [0.15, 0.2) is 9.68 Å². The molecule has 0 unspecified atom stereocenters. The van der Waals surface area contributed by atoms with Crippen LogP contribution in [0.5, 0.6) is 0 Å². The Morgan fingerprint density at radius 3 is 2.93 bits per heavy atom. The molecule has 0 aliphatic heterocycles. The van der Waals surface area contributed by atoms with Crippen LogP contribution in [0.1, 0.15) is 17.0 Å². The lowest BCUT2D eigenvalue weighted by atomic mass is 10.2. The predicted octanol–water partition coefficient (Wildman–Crippen LogP) is 0.727. The van der Waals surface area contributed by atoms with E-state index in [0.717, 1.165) is 0 Å². The summed E-state index contributed by atoms with van der Waals surface area (Å²) in [5.74, 6) is -0.453. The van der Waals surface area contributed by atoms with E-state index in [1.807, 2.05) is 0 Å². The van der Waals surface area contributed by atoms with E-state index in [1.165, 1.54) is 6.21 Å². The second-order valence-electron chi connectivity index (χ2n) is 2.64. The first-order valence-electron chi connectivity index (χ1n) is 3.91. The van der Waals surface area contributed by atoms with Crippen LogP contribution in [0.4, 0.5) is 0 Å². The van der Waals surface area contributed by atoms with E-state index in [2.05, 4.69) is 15.1 Å². The van der Waals surface area contributed by atoms with Gasteiger partial charge in [0.15, 0.2) is 0 Å². The average molecular weight is 198 g/mol. The number of hydrogen-bond donors (Lipinski definition) is 1. The standard InChI is InChI=1S/C8H10N2O4/c1-5-7(6(2)14-10-5)3-9-13-4-8(11)12/h3H,4H2,1-2H3,(H,11,12). The van der Waals surface area contributed by atoms with Crippen LogP contribution in [0, 0.1) is 13.8 Å². The Balaban J connectivity index is 2.55. The van der Waals surface area contributed by atoms with Crippen molar-refractivity contribution in [2.45, 2.75) is 13.8 Å². The number of aliphatic carboxylic acids is 1. The fourth-order valence-corrected chi connectivity index (χ4v) is 0.857. The zero-order chi connectivity index (χ0) is 10.6. The largest absolute Gasteiger partial charge is 0.479 e. The van der Waals surface area contributed by atoms with Gasteiger partial charge in [0, 0.05) is 0 Å². The van der Waals surface area contributed by atoms with E-state index in [-0.39, 0.29) is 0 Å². The number of carboxylic acid groups (broad SMARTS) is 1. The highest BCUT2D eigenvalue weighted by atomic mass is 16.6. The van der Waals surface area contributed by atoms with Gasteiger partial charge in [0.1, 0.15) is 5.76 Å². The van der Waals surface area contributed by atoms with E-state index < -0.39 is 12.6 Å². The van der Waals surface area contributed by atoms with Crippen molar-refractivity contribution in [3.63, 3.8) is 0 Å². The van der Waals surface area contributed by atoms with Gasteiger partial charge in [-0.05, 0) is 13.8 Å². The van der Waals surface area contributed by atoms with Crippen LogP contribution in [-0.2, 0) is 9.63 Å². The molecule has 14 heavy (non-hydrogen) atoms. The highest BCUT2D eigenvalue weighted by Crippen LogP contribution is 2.08. The van der Waals surface area contributed by atoms with Crippen LogP contribution >= 0.6 is 0 Å². The second-order valence-corrected chi connectivity index (χ2v) is 2.64. The maximum atomic E-state index is 10.1. The van der Waals surface area contributed by atoms with Gasteiger partial charge in [-0.2, -0.15) is 0 Å². The number of hydrogen-bond acceptors (Lipinski definition) is 5. The van der Waals surface area contributed by atoms with Crippen LogP contribution in [0.3, 0.4) is 0 Å². The number of rotatable bonds is 4. The summed E-state index contributed by atoms with van der Waals surface area (Å²) in [7, 11) is 0. The van der Waals surface area contributed by atoms with Gasteiger partial charge in [0.2, 0.25) is 6.61 Å². The molecule has 1 rings (SSSR count). The molecule has 0 aliphatic rings. The lowest BCUT2D eigenvalue weighted by Gasteiger charge is -1.92. The van der Waals surface area contributed by atoms with Gasteiger partial charge in [-0.3, -0.25) is 0 Å². The normalized spacial score (nSPS) is 10.7. The van der Waals surface area contributed by atoms with Crippen molar-refractivity contribution in [1.29, 1.82) is 0 Å². The van der Waals surface area contributed by atoms with Crippen molar-refractivity contribution in [1.82, 2.24) is 5.16 Å². The number of carboxylic acids is 1. The van der Waals surface area contributed by atoms with Gasteiger partial charge in [0.25, 0.3) is 0 Å². The first kappa shape index (κ1) is 10.2. The predicted molar refractivity (Wildman–Crippen MR) is 47.2 cm³/mol. The summed E-state index contributed by atoms with van der Waals surface area (Å²) in [6, 6.07) is 0. The van der Waals surface area contributed by atoms with Crippen molar-refractivity contribution in [3.8, 4) is 0 Å². The molecule has 0 bridgehead atoms. The van der Waals surface area contributed by atoms with Crippen LogP contribution in [-0.4, -0.2) is 29.1 Å². The van der Waals surface area contributed by atoms with Gasteiger partial charge in [-0.15, -0.1) is 0 Å². The van der Waals surface area contributed by atoms with E-state index in [1.54, 1.807) is 13.8 Å². The molecule has 0 aliphatic carbocycles. The summed E-state index contributed by atoms with van der Waals surface area (Å²) in [6.45, 7) is 3.04. The fraction of sp³-hybridized carbons (Fsp3) is 0.375. The fourth-order valence-electron chi connectivity index (χ4n) is 0.857. The SMILES string of the molecule is Cc1noc(C)c1C=NOCC(=O)O. The van der Waals surface area contributed by atoms with E-state index in [9.17, 15) is 4.79 Å². The summed E-state index contributed by atoms with van der Waals surface area (Å²) in [6.07, 6.45) is 1.38. The molecule has 1 heterocycles. The highest BCUT2D eigenvalue weighted by molar-refractivity contribution is 5.81. The Kier molecular flexibility index (Phi) is 3.22. The Labute approximate surface area is 80.1 Å². The molecule has 1 N–H and O–H groups in total. The maximum Gasteiger partial charge on any atom is 0.344 e. The summed E-state index contributed by atoms with van der Waals surface area (Å²) in [5.41, 5.74) is 1.39. The van der Waals surface area contributed by atoms with Crippen molar-refractivity contribution in [2.24, 2.45) is 5.16 Å². The third-order valence-corrected chi connectivity index (χ3v) is 1.53. The monoisotopic (exact) mass is 198 g/mol. The molecule has 0 aromatic carbocycles. The number of nitrogens with zero attached hydrogens (tertiary/aromatic N) is 2. The van der Waals surface area contributed by atoms with Crippen molar-refractivity contribution >= 4 is 12.2 Å². The Morgan fingerprint density at radius 2 is 2.43 bits per heavy atom. The lowest BCUT2D eigenvalue weighted by Crippen LogP contribution is -2.03. The third-order valence-electron chi connectivity index (χ3n) is 1.53. The summed E-state index contributed by atoms with van der Waals surface area (Å²) in [5, 5.41) is 15.4. The Bertz CT molecular complexity index is 337. The molecule has 0 spiro atoms.